The molecule has 0 spiro atoms. The molecule has 3 nitrogen and oxygen atoms in total. The predicted octanol–water partition coefficient (Wildman–Crippen LogP) is 3.54. The van der Waals surface area contributed by atoms with E-state index in [4.69, 9.17) is 5.73 Å². The molecule has 0 aliphatic heterocycles. The summed E-state index contributed by atoms with van der Waals surface area (Å²) in [5, 5.41) is 3.03. The molecule has 1 aromatic carbocycles. The average Bonchev–Trinajstić information content (AvgIpc) is 2.39. The Morgan fingerprint density at radius 3 is 2.47 bits per heavy atom. The van der Waals surface area contributed by atoms with Gasteiger partial charge in [-0.1, -0.05) is 40.9 Å². The Kier molecular flexibility index (Phi) is 7.75. The molecule has 0 aliphatic rings. The lowest BCUT2D eigenvalue weighted by Crippen LogP contribution is -2.26. The van der Waals surface area contributed by atoms with E-state index in [1.807, 2.05) is 31.2 Å². The molecule has 4 heteroatoms. The van der Waals surface area contributed by atoms with Gasteiger partial charge in [0.2, 0.25) is 5.91 Å². The van der Waals surface area contributed by atoms with E-state index in [0.29, 0.717) is 6.42 Å². The maximum atomic E-state index is 11.8. The van der Waals surface area contributed by atoms with Gasteiger partial charge in [-0.05, 0) is 44.0 Å². The Morgan fingerprint density at radius 2 is 1.84 bits per heavy atom. The summed E-state index contributed by atoms with van der Waals surface area (Å²) in [6, 6.07) is 8.09. The highest BCUT2D eigenvalue weighted by Crippen LogP contribution is 2.16. The standard InChI is InChI=1S/C15H23BrN2O/c1-12(13-7-9-14(16)10-8-13)18-15(19)6-4-2-3-5-11-17/h7-10,12H,2-6,11,17H2,1H3,(H,18,19)/t12-/m0/s1. The minimum Gasteiger partial charge on any atom is -0.350 e. The molecular formula is C15H23BrN2O. The van der Waals surface area contributed by atoms with Crippen molar-refractivity contribution in [2.45, 2.75) is 45.1 Å². The van der Waals surface area contributed by atoms with Crippen LogP contribution in [0, 0.1) is 0 Å². The summed E-state index contributed by atoms with van der Waals surface area (Å²) < 4.78 is 1.05. The van der Waals surface area contributed by atoms with Crippen molar-refractivity contribution >= 4 is 21.8 Å². The molecule has 0 saturated heterocycles. The van der Waals surface area contributed by atoms with E-state index in [0.717, 1.165) is 42.3 Å². The van der Waals surface area contributed by atoms with E-state index in [9.17, 15) is 4.79 Å². The first-order valence-corrected chi connectivity index (χ1v) is 7.67. The van der Waals surface area contributed by atoms with Crippen molar-refractivity contribution < 1.29 is 4.79 Å². The Labute approximate surface area is 124 Å². The van der Waals surface area contributed by atoms with Crippen LogP contribution < -0.4 is 11.1 Å². The van der Waals surface area contributed by atoms with E-state index in [1.165, 1.54) is 0 Å². The number of nitrogens with two attached hydrogens (primary N) is 1. The number of nitrogens with one attached hydrogen (secondary N) is 1. The lowest BCUT2D eigenvalue weighted by atomic mass is 10.1. The molecule has 0 aromatic heterocycles. The minimum absolute atomic E-state index is 0.0599. The van der Waals surface area contributed by atoms with Crippen LogP contribution in [-0.4, -0.2) is 12.5 Å². The van der Waals surface area contributed by atoms with Crippen molar-refractivity contribution in [1.82, 2.24) is 5.32 Å². The van der Waals surface area contributed by atoms with Crippen LogP contribution in [0.1, 0.15) is 50.6 Å². The zero-order valence-electron chi connectivity index (χ0n) is 11.5. The highest BCUT2D eigenvalue weighted by atomic mass is 79.9. The van der Waals surface area contributed by atoms with E-state index < -0.39 is 0 Å². The van der Waals surface area contributed by atoms with Crippen LogP contribution in [0.15, 0.2) is 28.7 Å². The monoisotopic (exact) mass is 326 g/mol. The van der Waals surface area contributed by atoms with Crippen molar-refractivity contribution in [2.24, 2.45) is 5.73 Å². The third-order valence-electron chi connectivity index (χ3n) is 3.11. The number of amides is 1. The number of rotatable bonds is 8. The van der Waals surface area contributed by atoms with Crippen LogP contribution in [0.5, 0.6) is 0 Å². The molecule has 1 atom stereocenters. The Bertz CT molecular complexity index is 378. The van der Waals surface area contributed by atoms with E-state index in [2.05, 4.69) is 21.2 Å². The lowest BCUT2D eigenvalue weighted by Gasteiger charge is -2.14. The molecule has 1 aromatic rings. The van der Waals surface area contributed by atoms with Gasteiger partial charge < -0.3 is 11.1 Å². The van der Waals surface area contributed by atoms with Crippen LogP contribution in [0.3, 0.4) is 0 Å². The van der Waals surface area contributed by atoms with Crippen LogP contribution >= 0.6 is 15.9 Å². The van der Waals surface area contributed by atoms with Gasteiger partial charge in [0, 0.05) is 10.9 Å². The Balaban J connectivity index is 2.26. The second kappa shape index (κ2) is 9.10. The number of carbonyl (C=O) groups is 1. The van der Waals surface area contributed by atoms with Gasteiger partial charge in [0.05, 0.1) is 6.04 Å². The zero-order chi connectivity index (χ0) is 14.1. The van der Waals surface area contributed by atoms with Gasteiger partial charge in [0.25, 0.3) is 0 Å². The van der Waals surface area contributed by atoms with Gasteiger partial charge in [-0.15, -0.1) is 0 Å². The molecule has 0 bridgehead atoms. The number of halogens is 1. The molecule has 0 unspecified atom stereocenters. The molecule has 1 rings (SSSR count). The summed E-state index contributed by atoms with van der Waals surface area (Å²) in [5.41, 5.74) is 6.55. The van der Waals surface area contributed by atoms with Crippen molar-refractivity contribution in [3.8, 4) is 0 Å². The SMILES string of the molecule is C[C@H](NC(=O)CCCCCCN)c1ccc(Br)cc1. The molecule has 19 heavy (non-hydrogen) atoms. The Morgan fingerprint density at radius 1 is 1.21 bits per heavy atom. The van der Waals surface area contributed by atoms with Gasteiger partial charge in [-0.3, -0.25) is 4.79 Å². The van der Waals surface area contributed by atoms with E-state index in [1.54, 1.807) is 0 Å². The second-order valence-electron chi connectivity index (χ2n) is 4.79. The van der Waals surface area contributed by atoms with Crippen molar-refractivity contribution in [2.75, 3.05) is 6.54 Å². The van der Waals surface area contributed by atoms with E-state index >= 15 is 0 Å². The van der Waals surface area contributed by atoms with Crippen LogP contribution in [0.25, 0.3) is 0 Å². The first kappa shape index (κ1) is 16.2. The van der Waals surface area contributed by atoms with Crippen LogP contribution in [0.2, 0.25) is 0 Å². The van der Waals surface area contributed by atoms with Gasteiger partial charge in [0.15, 0.2) is 0 Å². The fraction of sp³-hybridized carbons (Fsp3) is 0.533. The van der Waals surface area contributed by atoms with Gasteiger partial charge in [-0.2, -0.15) is 0 Å². The molecule has 0 fully saturated rings. The second-order valence-corrected chi connectivity index (χ2v) is 5.71. The highest BCUT2D eigenvalue weighted by molar-refractivity contribution is 9.10. The molecule has 3 N–H and O–H groups in total. The molecule has 0 aliphatic carbocycles. The number of hydrogen-bond acceptors (Lipinski definition) is 2. The smallest absolute Gasteiger partial charge is 0.220 e. The molecule has 0 saturated carbocycles. The summed E-state index contributed by atoms with van der Waals surface area (Å²) in [7, 11) is 0. The number of benzene rings is 1. The molecule has 0 heterocycles. The minimum atomic E-state index is 0.0599. The number of hydrogen-bond donors (Lipinski definition) is 2. The Hall–Kier alpha value is -0.870. The van der Waals surface area contributed by atoms with Gasteiger partial charge in [-0.25, -0.2) is 0 Å². The normalized spacial score (nSPS) is 12.2. The quantitative estimate of drug-likeness (QED) is 0.718. The summed E-state index contributed by atoms with van der Waals surface area (Å²) in [6.07, 6.45) is 4.80. The summed E-state index contributed by atoms with van der Waals surface area (Å²) in [5.74, 6) is 0.128. The largest absolute Gasteiger partial charge is 0.350 e. The molecular weight excluding hydrogens is 304 g/mol. The third-order valence-corrected chi connectivity index (χ3v) is 3.63. The molecule has 1 amide bonds. The topological polar surface area (TPSA) is 55.1 Å². The lowest BCUT2D eigenvalue weighted by molar-refractivity contribution is -0.121. The summed E-state index contributed by atoms with van der Waals surface area (Å²) >= 11 is 3.40. The molecule has 106 valence electrons. The third kappa shape index (κ3) is 6.73. The zero-order valence-corrected chi connectivity index (χ0v) is 13.1. The van der Waals surface area contributed by atoms with Crippen LogP contribution in [0.4, 0.5) is 0 Å². The predicted molar refractivity (Wildman–Crippen MR) is 82.8 cm³/mol. The van der Waals surface area contributed by atoms with E-state index in [-0.39, 0.29) is 11.9 Å². The highest BCUT2D eigenvalue weighted by Gasteiger charge is 2.08. The fourth-order valence-electron chi connectivity index (χ4n) is 1.93. The van der Waals surface area contributed by atoms with Crippen molar-refractivity contribution in [3.05, 3.63) is 34.3 Å². The number of unbranched alkanes of at least 4 members (excludes halogenated alkanes) is 3. The number of carbonyl (C=O) groups excluding carboxylic acids is 1. The van der Waals surface area contributed by atoms with Crippen molar-refractivity contribution in [1.29, 1.82) is 0 Å². The van der Waals surface area contributed by atoms with Gasteiger partial charge >= 0.3 is 0 Å². The first-order valence-electron chi connectivity index (χ1n) is 6.88. The maximum Gasteiger partial charge on any atom is 0.220 e. The fourth-order valence-corrected chi connectivity index (χ4v) is 2.20. The average molecular weight is 327 g/mol. The summed E-state index contributed by atoms with van der Waals surface area (Å²) in [6.45, 7) is 2.75. The summed E-state index contributed by atoms with van der Waals surface area (Å²) in [4.78, 5) is 11.8. The van der Waals surface area contributed by atoms with Crippen LogP contribution in [-0.2, 0) is 4.79 Å². The maximum absolute atomic E-state index is 11.8. The van der Waals surface area contributed by atoms with Crippen molar-refractivity contribution in [3.63, 3.8) is 0 Å². The molecule has 0 radical (unpaired) electrons. The van der Waals surface area contributed by atoms with Gasteiger partial charge in [0.1, 0.15) is 0 Å². The first-order chi connectivity index (χ1) is 9.13.